The van der Waals surface area contributed by atoms with Gasteiger partial charge in [-0.05, 0) is 56.0 Å². The fourth-order valence-electron chi connectivity index (χ4n) is 4.47. The number of sulfone groups is 1. The lowest BCUT2D eigenvalue weighted by molar-refractivity contribution is -0.0498. The molecule has 2 fully saturated rings. The number of carbonyl (C=O) groups excluding carboxylic acids is 1. The van der Waals surface area contributed by atoms with Crippen LogP contribution in [0.25, 0.3) is 16.6 Å². The average Bonchev–Trinajstić information content (AvgIpc) is 3.51. The quantitative estimate of drug-likeness (QED) is 0.526. The van der Waals surface area contributed by atoms with Crippen molar-refractivity contribution in [2.75, 3.05) is 11.5 Å². The minimum atomic E-state index is -3.13. The van der Waals surface area contributed by atoms with Crippen LogP contribution in [0.1, 0.15) is 41.9 Å². The number of benzene rings is 2. The number of fused-ring (bicyclic) bond motifs is 1. The molecule has 2 heterocycles. The molecule has 1 aliphatic heterocycles. The molecule has 1 saturated carbocycles. The zero-order valence-corrected chi connectivity index (χ0v) is 19.1. The molecule has 1 aromatic heterocycles. The van der Waals surface area contributed by atoms with E-state index in [9.17, 15) is 27.1 Å². The Morgan fingerprint density at radius 2 is 1.97 bits per heavy atom. The first-order valence-corrected chi connectivity index (χ1v) is 12.6. The second-order valence-electron chi connectivity index (χ2n) is 9.23. The fourth-order valence-corrected chi connectivity index (χ4v) is 6.47. The standard InChI is InChI=1S/C23H23F2N3O5S/c1-23(11-34(31,32)12-23)26-21(30)14-7-8-18-17(9-14)19(20(29)13-5-6-13)27-28(18)15-3-2-4-16(10-15)33-22(24)25/h2-4,7-10,13,20,22,29H,5-6,11-12H2,1H3,(H,26,30)/t20-/m1/s1. The van der Waals surface area contributed by atoms with Crippen molar-refractivity contribution in [2.45, 2.75) is 38.0 Å². The van der Waals surface area contributed by atoms with Gasteiger partial charge in [0.1, 0.15) is 11.9 Å². The molecule has 8 nitrogen and oxygen atoms in total. The van der Waals surface area contributed by atoms with E-state index in [-0.39, 0.29) is 23.2 Å². The maximum Gasteiger partial charge on any atom is 0.387 e. The molecule has 2 N–H and O–H groups in total. The summed E-state index contributed by atoms with van der Waals surface area (Å²) >= 11 is 0. The number of ether oxygens (including phenoxy) is 1. The van der Waals surface area contributed by atoms with Gasteiger partial charge in [-0.1, -0.05) is 6.07 Å². The van der Waals surface area contributed by atoms with Gasteiger partial charge in [-0.15, -0.1) is 0 Å². The van der Waals surface area contributed by atoms with Gasteiger partial charge in [0.05, 0.1) is 33.9 Å². The second kappa shape index (κ2) is 8.02. The van der Waals surface area contributed by atoms with Gasteiger partial charge in [0.15, 0.2) is 9.84 Å². The van der Waals surface area contributed by atoms with E-state index in [1.54, 1.807) is 37.3 Å². The molecule has 1 aliphatic carbocycles. The third kappa shape index (κ3) is 4.37. The maximum atomic E-state index is 12.9. The zero-order chi connectivity index (χ0) is 24.3. The Balaban J connectivity index is 1.53. The Morgan fingerprint density at radius 3 is 2.62 bits per heavy atom. The lowest BCUT2D eigenvalue weighted by Crippen LogP contribution is -2.63. The van der Waals surface area contributed by atoms with Gasteiger partial charge in [-0.2, -0.15) is 13.9 Å². The molecule has 1 saturated heterocycles. The van der Waals surface area contributed by atoms with E-state index in [2.05, 4.69) is 15.2 Å². The normalized spacial score (nSPS) is 19.6. The minimum Gasteiger partial charge on any atom is -0.435 e. The van der Waals surface area contributed by atoms with E-state index in [4.69, 9.17) is 0 Å². The molecule has 11 heteroatoms. The van der Waals surface area contributed by atoms with Gasteiger partial charge in [0.2, 0.25) is 0 Å². The lowest BCUT2D eigenvalue weighted by Gasteiger charge is -2.38. The number of nitrogens with zero attached hydrogens (tertiary/aromatic N) is 2. The highest BCUT2D eigenvalue weighted by atomic mass is 32.2. The Kier molecular flexibility index (Phi) is 5.36. The van der Waals surface area contributed by atoms with Gasteiger partial charge in [0, 0.05) is 17.0 Å². The molecule has 0 radical (unpaired) electrons. The van der Waals surface area contributed by atoms with Crippen LogP contribution >= 0.6 is 0 Å². The Hall–Kier alpha value is -3.05. The largest absolute Gasteiger partial charge is 0.435 e. The van der Waals surface area contributed by atoms with E-state index >= 15 is 0 Å². The topological polar surface area (TPSA) is 111 Å². The summed E-state index contributed by atoms with van der Waals surface area (Å²) in [7, 11) is -3.13. The van der Waals surface area contributed by atoms with E-state index in [1.165, 1.54) is 16.8 Å². The third-order valence-corrected chi connectivity index (χ3v) is 8.25. The van der Waals surface area contributed by atoms with Gasteiger partial charge in [0.25, 0.3) is 5.91 Å². The minimum absolute atomic E-state index is 0.0277. The van der Waals surface area contributed by atoms with Crippen molar-refractivity contribution in [2.24, 2.45) is 5.92 Å². The van der Waals surface area contributed by atoms with Crippen molar-refractivity contribution in [1.29, 1.82) is 0 Å². The monoisotopic (exact) mass is 491 g/mol. The molecular formula is C23H23F2N3O5S. The van der Waals surface area contributed by atoms with E-state index in [0.29, 0.717) is 27.8 Å². The summed E-state index contributed by atoms with van der Waals surface area (Å²) in [5.41, 5.74) is 0.914. The molecule has 2 aliphatic rings. The first-order valence-electron chi connectivity index (χ1n) is 10.8. The maximum absolute atomic E-state index is 12.9. The van der Waals surface area contributed by atoms with Crippen LogP contribution in [0.4, 0.5) is 8.78 Å². The summed E-state index contributed by atoms with van der Waals surface area (Å²) in [6.07, 6.45) is 0.886. The average molecular weight is 492 g/mol. The molecule has 34 heavy (non-hydrogen) atoms. The fraction of sp³-hybridized carbons (Fsp3) is 0.391. The van der Waals surface area contributed by atoms with E-state index in [1.807, 2.05) is 0 Å². The highest BCUT2D eigenvalue weighted by Crippen LogP contribution is 2.43. The van der Waals surface area contributed by atoms with Crippen LogP contribution in [0, 0.1) is 5.92 Å². The highest BCUT2D eigenvalue weighted by Gasteiger charge is 2.45. The molecular weight excluding hydrogens is 468 g/mol. The molecule has 2 aromatic carbocycles. The number of hydrogen-bond acceptors (Lipinski definition) is 6. The van der Waals surface area contributed by atoms with Crippen molar-refractivity contribution in [3.05, 3.63) is 53.7 Å². The van der Waals surface area contributed by atoms with Crippen LogP contribution < -0.4 is 10.1 Å². The van der Waals surface area contributed by atoms with Crippen molar-refractivity contribution in [3.8, 4) is 11.4 Å². The van der Waals surface area contributed by atoms with Crippen molar-refractivity contribution < 1.29 is 31.8 Å². The van der Waals surface area contributed by atoms with Crippen molar-refractivity contribution in [1.82, 2.24) is 15.1 Å². The smallest absolute Gasteiger partial charge is 0.387 e. The van der Waals surface area contributed by atoms with Crippen LogP contribution in [0.15, 0.2) is 42.5 Å². The van der Waals surface area contributed by atoms with E-state index in [0.717, 1.165) is 12.8 Å². The highest BCUT2D eigenvalue weighted by molar-refractivity contribution is 7.93. The summed E-state index contributed by atoms with van der Waals surface area (Å²) < 4.78 is 54.5. The number of hydrogen-bond donors (Lipinski definition) is 2. The molecule has 180 valence electrons. The molecule has 0 unspecified atom stereocenters. The Morgan fingerprint density at radius 1 is 1.24 bits per heavy atom. The SMILES string of the molecule is CC1(NC(=O)c2ccc3c(c2)c([C@H](O)C2CC2)nn3-c2cccc(OC(F)F)c2)CS(=O)(=O)C1. The number of rotatable bonds is 7. The number of aliphatic hydroxyl groups is 1. The number of aromatic nitrogens is 2. The molecule has 1 atom stereocenters. The number of carbonyl (C=O) groups is 1. The summed E-state index contributed by atoms with van der Waals surface area (Å²) in [6.45, 7) is -1.29. The summed E-state index contributed by atoms with van der Waals surface area (Å²) in [5.74, 6) is -0.619. The Labute approximate surface area is 194 Å². The Bertz CT molecular complexity index is 1370. The van der Waals surface area contributed by atoms with Gasteiger partial charge in [-0.3, -0.25) is 4.79 Å². The van der Waals surface area contributed by atoms with Gasteiger partial charge >= 0.3 is 6.61 Å². The lowest BCUT2D eigenvalue weighted by atomic mass is 10.0. The number of halogens is 2. The van der Waals surface area contributed by atoms with Crippen molar-refractivity contribution in [3.63, 3.8) is 0 Å². The third-order valence-electron chi connectivity index (χ3n) is 6.10. The van der Waals surface area contributed by atoms with E-state index < -0.39 is 34.0 Å². The summed E-state index contributed by atoms with van der Waals surface area (Å²) in [4.78, 5) is 12.9. The van der Waals surface area contributed by atoms with Crippen LogP contribution in [0.5, 0.6) is 5.75 Å². The molecule has 5 rings (SSSR count). The first-order chi connectivity index (χ1) is 16.0. The molecule has 0 bridgehead atoms. The first kappa shape index (κ1) is 22.7. The molecule has 0 spiro atoms. The van der Waals surface area contributed by atoms with Gasteiger partial charge < -0.3 is 15.2 Å². The van der Waals surface area contributed by atoms with Crippen LogP contribution in [0.3, 0.4) is 0 Å². The predicted molar refractivity (Wildman–Crippen MR) is 120 cm³/mol. The number of amides is 1. The second-order valence-corrected chi connectivity index (χ2v) is 11.3. The summed E-state index contributed by atoms with van der Waals surface area (Å²) in [5, 5.41) is 18.8. The molecule has 1 amide bonds. The van der Waals surface area contributed by atoms with Crippen molar-refractivity contribution >= 4 is 26.6 Å². The number of alkyl halides is 2. The number of aliphatic hydroxyl groups excluding tert-OH is 1. The van der Waals surface area contributed by atoms with Crippen LogP contribution in [-0.4, -0.2) is 52.9 Å². The summed E-state index contributed by atoms with van der Waals surface area (Å²) in [6, 6.07) is 10.9. The molecule has 3 aromatic rings. The number of nitrogens with one attached hydrogen (secondary N) is 1. The van der Waals surface area contributed by atoms with Crippen LogP contribution in [0.2, 0.25) is 0 Å². The van der Waals surface area contributed by atoms with Crippen LogP contribution in [-0.2, 0) is 9.84 Å². The predicted octanol–water partition coefficient (Wildman–Crippen LogP) is 2.99. The zero-order valence-electron chi connectivity index (χ0n) is 18.2. The van der Waals surface area contributed by atoms with Gasteiger partial charge in [-0.25, -0.2) is 13.1 Å².